The Labute approximate surface area is 163 Å². The molecule has 9 heteroatoms. The third-order valence-electron chi connectivity index (χ3n) is 4.95. The molecule has 1 aromatic carbocycles. The largest absolute Gasteiger partial charge is 0.368 e. The summed E-state index contributed by atoms with van der Waals surface area (Å²) in [4.78, 5) is 25.7. The quantitative estimate of drug-likeness (QED) is 0.533. The molecule has 3 rings (SSSR count). The number of nitrogens with zero attached hydrogens (tertiary/aromatic N) is 6. The molecule has 0 amide bonds. The third-order valence-corrected chi connectivity index (χ3v) is 4.95. The molecule has 28 heavy (non-hydrogen) atoms. The van der Waals surface area contributed by atoms with Crippen molar-refractivity contribution in [3.8, 4) is 0 Å². The minimum absolute atomic E-state index is 0.0451. The number of hydrogen-bond acceptors (Lipinski definition) is 7. The third kappa shape index (κ3) is 4.29. The molecule has 0 bridgehead atoms. The van der Waals surface area contributed by atoms with Gasteiger partial charge >= 0.3 is 5.69 Å². The summed E-state index contributed by atoms with van der Waals surface area (Å²) >= 11 is 0. The van der Waals surface area contributed by atoms with Crippen molar-refractivity contribution in [2.75, 3.05) is 54.5 Å². The Morgan fingerprint density at radius 1 is 1.14 bits per heavy atom. The SMILES string of the molecule is CCCCN(C)c1ncnc(N2CCN(c3ccc(F)cc3)CC2)c1[N+](=O)[O-]. The molecule has 0 unspecified atom stereocenters. The number of aromatic nitrogens is 2. The van der Waals surface area contributed by atoms with Crippen LogP contribution in [0.15, 0.2) is 30.6 Å². The van der Waals surface area contributed by atoms with Gasteiger partial charge in [0.1, 0.15) is 12.1 Å². The summed E-state index contributed by atoms with van der Waals surface area (Å²) in [6, 6.07) is 6.38. The van der Waals surface area contributed by atoms with Gasteiger partial charge in [-0.15, -0.1) is 0 Å². The van der Waals surface area contributed by atoms with E-state index >= 15 is 0 Å². The summed E-state index contributed by atoms with van der Waals surface area (Å²) in [6.07, 6.45) is 3.33. The normalized spacial score (nSPS) is 14.2. The van der Waals surface area contributed by atoms with Crippen LogP contribution in [0.1, 0.15) is 19.8 Å². The lowest BCUT2D eigenvalue weighted by Crippen LogP contribution is -2.47. The van der Waals surface area contributed by atoms with Crippen LogP contribution in [0.2, 0.25) is 0 Å². The Balaban J connectivity index is 1.78. The van der Waals surface area contributed by atoms with E-state index in [1.54, 1.807) is 12.1 Å². The zero-order chi connectivity index (χ0) is 20.1. The van der Waals surface area contributed by atoms with Gasteiger partial charge < -0.3 is 14.7 Å². The van der Waals surface area contributed by atoms with Crippen LogP contribution in [0.4, 0.5) is 27.4 Å². The van der Waals surface area contributed by atoms with Gasteiger partial charge in [-0.3, -0.25) is 10.1 Å². The number of benzene rings is 1. The molecule has 2 heterocycles. The fourth-order valence-electron chi connectivity index (χ4n) is 3.36. The molecule has 1 aliphatic heterocycles. The van der Waals surface area contributed by atoms with Gasteiger partial charge in [0, 0.05) is 45.5 Å². The molecule has 2 aromatic rings. The molecule has 0 saturated carbocycles. The first-order valence-electron chi connectivity index (χ1n) is 9.47. The maximum absolute atomic E-state index is 13.1. The summed E-state index contributed by atoms with van der Waals surface area (Å²) in [7, 11) is 1.82. The molecule has 1 aliphatic rings. The number of unbranched alkanes of at least 4 members (excludes halogenated alkanes) is 1. The highest BCUT2D eigenvalue weighted by Crippen LogP contribution is 2.34. The Kier molecular flexibility index (Phi) is 6.23. The van der Waals surface area contributed by atoms with Crippen molar-refractivity contribution < 1.29 is 9.31 Å². The van der Waals surface area contributed by atoms with E-state index in [1.807, 2.05) is 16.8 Å². The number of nitro groups is 1. The Morgan fingerprint density at radius 2 is 1.79 bits per heavy atom. The van der Waals surface area contributed by atoms with Gasteiger partial charge in [-0.05, 0) is 30.7 Å². The fourth-order valence-corrected chi connectivity index (χ4v) is 3.36. The van der Waals surface area contributed by atoms with E-state index in [-0.39, 0.29) is 16.4 Å². The van der Waals surface area contributed by atoms with Gasteiger partial charge in [0.2, 0.25) is 11.6 Å². The van der Waals surface area contributed by atoms with Gasteiger partial charge in [-0.1, -0.05) is 13.3 Å². The topological polar surface area (TPSA) is 78.6 Å². The summed E-state index contributed by atoms with van der Waals surface area (Å²) in [5, 5.41) is 11.8. The molecule has 0 radical (unpaired) electrons. The highest BCUT2D eigenvalue weighted by atomic mass is 19.1. The molecule has 1 aromatic heterocycles. The van der Waals surface area contributed by atoms with Crippen molar-refractivity contribution in [2.24, 2.45) is 0 Å². The van der Waals surface area contributed by atoms with Crippen molar-refractivity contribution in [3.63, 3.8) is 0 Å². The second-order valence-electron chi connectivity index (χ2n) is 6.85. The maximum atomic E-state index is 13.1. The molecular weight excluding hydrogens is 363 g/mol. The van der Waals surface area contributed by atoms with Crippen molar-refractivity contribution in [2.45, 2.75) is 19.8 Å². The molecule has 1 saturated heterocycles. The number of rotatable bonds is 7. The van der Waals surface area contributed by atoms with E-state index in [0.29, 0.717) is 44.4 Å². The Bertz CT molecular complexity index is 809. The highest BCUT2D eigenvalue weighted by Gasteiger charge is 2.30. The molecule has 0 N–H and O–H groups in total. The zero-order valence-electron chi connectivity index (χ0n) is 16.2. The molecule has 0 atom stereocenters. The molecular formula is C19H25FN6O2. The first kappa shape index (κ1) is 19.8. The van der Waals surface area contributed by atoms with Gasteiger partial charge in [0.15, 0.2) is 0 Å². The number of piperazine rings is 1. The van der Waals surface area contributed by atoms with Crippen LogP contribution in [0, 0.1) is 15.9 Å². The lowest BCUT2D eigenvalue weighted by molar-refractivity contribution is -0.383. The lowest BCUT2D eigenvalue weighted by atomic mass is 10.2. The van der Waals surface area contributed by atoms with E-state index in [9.17, 15) is 14.5 Å². The summed E-state index contributed by atoms with van der Waals surface area (Å²) in [5.41, 5.74) is 0.898. The lowest BCUT2D eigenvalue weighted by Gasteiger charge is -2.36. The van der Waals surface area contributed by atoms with Crippen LogP contribution in [0.5, 0.6) is 0 Å². The minimum Gasteiger partial charge on any atom is -0.368 e. The monoisotopic (exact) mass is 388 g/mol. The smallest absolute Gasteiger partial charge is 0.353 e. The van der Waals surface area contributed by atoms with Crippen molar-refractivity contribution in [1.82, 2.24) is 9.97 Å². The van der Waals surface area contributed by atoms with Crippen LogP contribution >= 0.6 is 0 Å². The summed E-state index contributed by atoms with van der Waals surface area (Å²) in [6.45, 7) is 5.31. The summed E-state index contributed by atoms with van der Waals surface area (Å²) < 4.78 is 13.1. The van der Waals surface area contributed by atoms with Crippen LogP contribution < -0.4 is 14.7 Å². The van der Waals surface area contributed by atoms with Crippen LogP contribution in [-0.2, 0) is 0 Å². The highest BCUT2D eigenvalue weighted by molar-refractivity contribution is 5.71. The Morgan fingerprint density at radius 3 is 2.39 bits per heavy atom. The van der Waals surface area contributed by atoms with Crippen LogP contribution in [0.3, 0.4) is 0 Å². The van der Waals surface area contributed by atoms with Crippen molar-refractivity contribution >= 4 is 23.0 Å². The van der Waals surface area contributed by atoms with E-state index < -0.39 is 0 Å². The van der Waals surface area contributed by atoms with Crippen LogP contribution in [-0.4, -0.2) is 54.7 Å². The van der Waals surface area contributed by atoms with Crippen LogP contribution in [0.25, 0.3) is 0 Å². The summed E-state index contributed by atoms with van der Waals surface area (Å²) in [5.74, 6) is 0.445. The number of halogens is 1. The molecule has 150 valence electrons. The van der Waals surface area contributed by atoms with E-state index in [2.05, 4.69) is 21.8 Å². The number of anilines is 3. The molecule has 1 fully saturated rings. The molecule has 8 nitrogen and oxygen atoms in total. The predicted octanol–water partition coefficient (Wildman–Crippen LogP) is 3.09. The second kappa shape index (κ2) is 8.81. The van der Waals surface area contributed by atoms with Gasteiger partial charge in [-0.2, -0.15) is 0 Å². The first-order valence-corrected chi connectivity index (χ1v) is 9.47. The fraction of sp³-hybridized carbons (Fsp3) is 0.474. The van der Waals surface area contributed by atoms with Crippen molar-refractivity contribution in [3.05, 3.63) is 46.5 Å². The standard InChI is InChI=1S/C19H25FN6O2/c1-3-4-9-23(2)18-17(26(27)28)19(22-14-21-18)25-12-10-24(11-13-25)16-7-5-15(20)6-8-16/h5-8,14H,3-4,9-13H2,1-2H3. The van der Waals surface area contributed by atoms with Gasteiger partial charge in [-0.25, -0.2) is 14.4 Å². The van der Waals surface area contributed by atoms with E-state index in [1.165, 1.54) is 18.5 Å². The Hall–Kier alpha value is -2.97. The number of hydrogen-bond donors (Lipinski definition) is 0. The average Bonchev–Trinajstić information content (AvgIpc) is 2.72. The average molecular weight is 388 g/mol. The first-order chi connectivity index (χ1) is 13.5. The van der Waals surface area contributed by atoms with Gasteiger partial charge in [0.25, 0.3) is 0 Å². The minimum atomic E-state index is -0.389. The van der Waals surface area contributed by atoms with E-state index in [4.69, 9.17) is 0 Å². The predicted molar refractivity (Wildman–Crippen MR) is 108 cm³/mol. The van der Waals surface area contributed by atoms with Crippen molar-refractivity contribution in [1.29, 1.82) is 0 Å². The van der Waals surface area contributed by atoms with Gasteiger partial charge in [0.05, 0.1) is 4.92 Å². The zero-order valence-corrected chi connectivity index (χ0v) is 16.2. The maximum Gasteiger partial charge on any atom is 0.353 e. The molecule has 0 spiro atoms. The van der Waals surface area contributed by atoms with E-state index in [0.717, 1.165) is 18.5 Å². The molecule has 0 aliphatic carbocycles. The second-order valence-corrected chi connectivity index (χ2v) is 6.85.